The summed E-state index contributed by atoms with van der Waals surface area (Å²) in [4.78, 5) is 0. The van der Waals surface area contributed by atoms with Crippen LogP contribution in [0.4, 0.5) is 0 Å². The van der Waals surface area contributed by atoms with Crippen LogP contribution in [-0.2, 0) is 10.8 Å². The first-order chi connectivity index (χ1) is 22.8. The number of para-hydroxylation sites is 2. The van der Waals surface area contributed by atoms with Crippen molar-refractivity contribution in [2.75, 3.05) is 0 Å². The van der Waals surface area contributed by atoms with Gasteiger partial charge >= 0.3 is 0 Å². The second kappa shape index (κ2) is 9.36. The molecule has 3 heteroatoms. The number of aromatic nitrogens is 2. The third-order valence-corrected chi connectivity index (χ3v) is 12.3. The van der Waals surface area contributed by atoms with Crippen LogP contribution in [0, 0.1) is 0 Å². The van der Waals surface area contributed by atoms with E-state index >= 15 is 0 Å². The van der Waals surface area contributed by atoms with Gasteiger partial charge in [0, 0.05) is 53.1 Å². The molecular weight excluding hydrogens is 589 g/mol. The molecule has 0 N–H and O–H groups in total. The Labute approximate surface area is 278 Å². The molecule has 0 radical (unpaired) electrons. The molecule has 0 spiro atoms. The zero-order chi connectivity index (χ0) is 31.7. The summed E-state index contributed by atoms with van der Waals surface area (Å²) >= 11 is 1.90. The first-order valence-corrected chi connectivity index (χ1v) is 17.6. The van der Waals surface area contributed by atoms with Crippen LogP contribution in [0.3, 0.4) is 0 Å². The number of hydrogen-bond donors (Lipinski definition) is 0. The second-order valence-corrected chi connectivity index (χ2v) is 15.9. The van der Waals surface area contributed by atoms with E-state index in [4.69, 9.17) is 0 Å². The van der Waals surface area contributed by atoms with Crippen LogP contribution in [-0.4, -0.2) is 9.13 Å². The van der Waals surface area contributed by atoms with Crippen molar-refractivity contribution in [3.05, 3.63) is 132 Å². The van der Waals surface area contributed by atoms with E-state index in [1.807, 2.05) is 11.3 Å². The summed E-state index contributed by atoms with van der Waals surface area (Å²) in [5.41, 5.74) is 10.7. The van der Waals surface area contributed by atoms with Gasteiger partial charge in [0.25, 0.3) is 0 Å². The van der Waals surface area contributed by atoms with Crippen molar-refractivity contribution in [2.24, 2.45) is 0 Å². The van der Waals surface area contributed by atoms with E-state index in [1.165, 1.54) is 99.1 Å². The van der Waals surface area contributed by atoms with Gasteiger partial charge in [-0.25, -0.2) is 0 Å². The summed E-state index contributed by atoms with van der Waals surface area (Å²) in [6.07, 6.45) is 2.39. The quantitative estimate of drug-likeness (QED) is 0.181. The second-order valence-electron chi connectivity index (χ2n) is 14.8. The highest BCUT2D eigenvalue weighted by Gasteiger charge is 2.38. The summed E-state index contributed by atoms with van der Waals surface area (Å²) in [6.45, 7) is 9.75. The maximum atomic E-state index is 2.59. The topological polar surface area (TPSA) is 9.86 Å². The first-order valence-electron chi connectivity index (χ1n) is 16.8. The summed E-state index contributed by atoms with van der Waals surface area (Å²) in [7, 11) is 0. The maximum absolute atomic E-state index is 2.59. The van der Waals surface area contributed by atoms with Crippen LogP contribution in [0.5, 0.6) is 0 Å². The minimum absolute atomic E-state index is 0.115. The molecular formula is C44H36N2S. The van der Waals surface area contributed by atoms with E-state index in [0.717, 1.165) is 0 Å². The molecule has 47 heavy (non-hydrogen) atoms. The van der Waals surface area contributed by atoms with Gasteiger partial charge in [-0.1, -0.05) is 100 Å². The summed E-state index contributed by atoms with van der Waals surface area (Å²) in [5, 5.41) is 7.89. The maximum Gasteiger partial charge on any atom is 0.0788 e. The van der Waals surface area contributed by atoms with Crippen LogP contribution in [0.1, 0.15) is 51.7 Å². The van der Waals surface area contributed by atoms with Crippen molar-refractivity contribution in [3.8, 4) is 11.4 Å². The fourth-order valence-electron chi connectivity index (χ4n) is 8.57. The van der Waals surface area contributed by atoms with Crippen molar-refractivity contribution >= 4 is 75.1 Å². The SMILES string of the molecule is CC1(C)CCC(C)(C)c2cc3c(cc21)c1ccc2c4ccccc4n(-c4ccccc4)c2c1n3-c1ccc2c(c1)sc1ccccc12. The highest BCUT2D eigenvalue weighted by atomic mass is 32.1. The number of benzene rings is 6. The molecule has 1 aliphatic carbocycles. The van der Waals surface area contributed by atoms with Gasteiger partial charge in [-0.2, -0.15) is 0 Å². The minimum Gasteiger partial charge on any atom is -0.307 e. The number of hydrogen-bond acceptors (Lipinski definition) is 1. The number of fused-ring (bicyclic) bond motifs is 11. The van der Waals surface area contributed by atoms with Gasteiger partial charge in [-0.05, 0) is 83.3 Å². The Balaban J connectivity index is 1.43. The normalized spacial score (nSPS) is 15.8. The Morgan fingerprint density at radius 2 is 1.02 bits per heavy atom. The summed E-state index contributed by atoms with van der Waals surface area (Å²) in [6, 6.07) is 45.6. The van der Waals surface area contributed by atoms with E-state index in [2.05, 4.69) is 158 Å². The molecule has 2 nitrogen and oxygen atoms in total. The Kier molecular flexibility index (Phi) is 5.43. The number of rotatable bonds is 2. The van der Waals surface area contributed by atoms with Crippen LogP contribution < -0.4 is 0 Å². The van der Waals surface area contributed by atoms with Crippen LogP contribution >= 0.6 is 11.3 Å². The molecule has 1 aliphatic rings. The van der Waals surface area contributed by atoms with E-state index in [-0.39, 0.29) is 10.8 Å². The monoisotopic (exact) mass is 624 g/mol. The predicted octanol–water partition coefficient (Wildman–Crippen LogP) is 12.6. The molecule has 0 aliphatic heterocycles. The lowest BCUT2D eigenvalue weighted by Gasteiger charge is -2.42. The molecule has 6 aromatic carbocycles. The molecule has 10 rings (SSSR count). The van der Waals surface area contributed by atoms with Crippen molar-refractivity contribution < 1.29 is 0 Å². The lowest BCUT2D eigenvalue weighted by molar-refractivity contribution is 0.332. The minimum atomic E-state index is 0.115. The summed E-state index contributed by atoms with van der Waals surface area (Å²) in [5.74, 6) is 0. The van der Waals surface area contributed by atoms with Gasteiger partial charge in [0.05, 0.1) is 22.1 Å². The van der Waals surface area contributed by atoms with Gasteiger partial charge in [-0.3, -0.25) is 0 Å². The molecule has 3 heterocycles. The molecule has 9 aromatic rings. The highest BCUT2D eigenvalue weighted by molar-refractivity contribution is 7.25. The van der Waals surface area contributed by atoms with Gasteiger partial charge in [-0.15, -0.1) is 11.3 Å². The zero-order valence-electron chi connectivity index (χ0n) is 27.3. The Morgan fingerprint density at radius 3 is 1.79 bits per heavy atom. The Hall–Kier alpha value is -4.86. The Morgan fingerprint density at radius 1 is 0.447 bits per heavy atom. The third kappa shape index (κ3) is 3.72. The third-order valence-electron chi connectivity index (χ3n) is 11.2. The lowest BCUT2D eigenvalue weighted by Crippen LogP contribution is -2.33. The molecule has 0 atom stereocenters. The van der Waals surface area contributed by atoms with Gasteiger partial charge < -0.3 is 9.13 Å². The number of thiophene rings is 1. The molecule has 0 fully saturated rings. The largest absolute Gasteiger partial charge is 0.307 e. The van der Waals surface area contributed by atoms with Crippen molar-refractivity contribution in [1.29, 1.82) is 0 Å². The van der Waals surface area contributed by atoms with Crippen LogP contribution in [0.15, 0.2) is 121 Å². The average molecular weight is 625 g/mol. The molecule has 0 amide bonds. The summed E-state index contributed by atoms with van der Waals surface area (Å²) < 4.78 is 7.75. The van der Waals surface area contributed by atoms with E-state index < -0.39 is 0 Å². The van der Waals surface area contributed by atoms with E-state index in [1.54, 1.807) is 0 Å². The molecule has 0 saturated heterocycles. The van der Waals surface area contributed by atoms with E-state index in [0.29, 0.717) is 0 Å². The van der Waals surface area contributed by atoms with Crippen molar-refractivity contribution in [1.82, 2.24) is 9.13 Å². The van der Waals surface area contributed by atoms with Gasteiger partial charge in [0.1, 0.15) is 0 Å². The van der Waals surface area contributed by atoms with Gasteiger partial charge in [0.2, 0.25) is 0 Å². The van der Waals surface area contributed by atoms with Crippen LogP contribution in [0.2, 0.25) is 0 Å². The molecule has 0 unspecified atom stereocenters. The lowest BCUT2D eigenvalue weighted by atomic mass is 9.63. The predicted molar refractivity (Wildman–Crippen MR) is 203 cm³/mol. The standard InChI is InChI=1S/C44H36N2S/c1-43(2)22-23-44(3,4)36-26-38-34(25-35(36)43)33-21-20-32-29-14-8-10-16-37(29)45(27-12-6-5-7-13-27)41(32)42(33)46(38)28-18-19-31-30-15-9-11-17-39(30)47-40(31)24-28/h5-21,24-26H,22-23H2,1-4H3. The smallest absolute Gasteiger partial charge is 0.0788 e. The van der Waals surface area contributed by atoms with Crippen molar-refractivity contribution in [3.63, 3.8) is 0 Å². The number of nitrogens with zero attached hydrogens (tertiary/aromatic N) is 2. The molecule has 3 aromatic heterocycles. The fraction of sp³-hybridized carbons (Fsp3) is 0.182. The van der Waals surface area contributed by atoms with Gasteiger partial charge in [0.15, 0.2) is 0 Å². The Bertz CT molecular complexity index is 2730. The van der Waals surface area contributed by atoms with E-state index in [9.17, 15) is 0 Å². The molecule has 0 saturated carbocycles. The first kappa shape index (κ1) is 27.3. The fourth-order valence-corrected chi connectivity index (χ4v) is 9.71. The zero-order valence-corrected chi connectivity index (χ0v) is 28.1. The average Bonchev–Trinajstić information content (AvgIpc) is 3.74. The van der Waals surface area contributed by atoms with Crippen molar-refractivity contribution in [2.45, 2.75) is 51.4 Å². The van der Waals surface area contributed by atoms with Crippen LogP contribution in [0.25, 0.3) is 75.2 Å². The highest BCUT2D eigenvalue weighted by Crippen LogP contribution is 2.50. The molecule has 228 valence electrons. The molecule has 0 bridgehead atoms.